The van der Waals surface area contributed by atoms with Crippen LogP contribution in [0.25, 0.3) is 22.0 Å². The van der Waals surface area contributed by atoms with Gasteiger partial charge in [-0.15, -0.1) is 0 Å². The lowest BCUT2D eigenvalue weighted by molar-refractivity contribution is -0.181. The maximum Gasteiger partial charge on any atom is 0.267 e. The fraction of sp³-hybridized carbons (Fsp3) is 0.300. The highest BCUT2D eigenvalue weighted by atomic mass is 32.2. The number of pyridine rings is 2. The average Bonchev–Trinajstić information content (AvgIpc) is 3.43. The van der Waals surface area contributed by atoms with Crippen molar-refractivity contribution in [3.8, 4) is 17.0 Å². The van der Waals surface area contributed by atoms with Crippen molar-refractivity contribution in [3.63, 3.8) is 0 Å². The van der Waals surface area contributed by atoms with E-state index in [4.69, 9.17) is 19.9 Å². The van der Waals surface area contributed by atoms with E-state index in [0.29, 0.717) is 72.4 Å². The first kappa shape index (κ1) is 27.9. The molecule has 1 amide bonds. The van der Waals surface area contributed by atoms with Crippen LogP contribution in [0, 0.1) is 6.92 Å². The van der Waals surface area contributed by atoms with Crippen LogP contribution in [0.2, 0.25) is 0 Å². The van der Waals surface area contributed by atoms with Crippen molar-refractivity contribution >= 4 is 38.3 Å². The first-order chi connectivity index (χ1) is 20.2. The molecule has 0 aliphatic carbocycles. The number of carbonyl (C=O) groups excluding carboxylic acids is 1. The van der Waals surface area contributed by atoms with Crippen molar-refractivity contribution < 1.29 is 27.4 Å². The number of anilines is 2. The molecule has 1 spiro atoms. The van der Waals surface area contributed by atoms with Gasteiger partial charge in [-0.05, 0) is 54.4 Å². The molecule has 4 aromatic rings. The minimum absolute atomic E-state index is 0.0290. The summed E-state index contributed by atoms with van der Waals surface area (Å²) in [5, 5.41) is 0.680. The molecule has 0 unspecified atom stereocenters. The smallest absolute Gasteiger partial charge is 0.267 e. The molecule has 2 saturated heterocycles. The quantitative estimate of drug-likeness (QED) is 0.341. The van der Waals surface area contributed by atoms with Gasteiger partial charge in [-0.1, -0.05) is 18.2 Å². The molecule has 11 nitrogen and oxygen atoms in total. The number of nitrogens with two attached hydrogens (primary N) is 1. The van der Waals surface area contributed by atoms with Crippen molar-refractivity contribution in [3.05, 3.63) is 71.9 Å². The predicted octanol–water partition coefficient (Wildman–Crippen LogP) is 3.98. The summed E-state index contributed by atoms with van der Waals surface area (Å²) in [7, 11) is -2.66. The Morgan fingerprint density at radius 2 is 1.81 bits per heavy atom. The Bertz CT molecular complexity index is 1780. The summed E-state index contributed by atoms with van der Waals surface area (Å²) in [6.45, 7) is 3.99. The molecule has 2 aliphatic rings. The number of ether oxygens (including phenoxy) is 3. The fourth-order valence-corrected chi connectivity index (χ4v) is 6.60. The number of piperidine rings is 1. The van der Waals surface area contributed by atoms with E-state index < -0.39 is 15.8 Å². The number of hydrogen-bond donors (Lipinski definition) is 2. The molecule has 3 N–H and O–H groups in total. The zero-order valence-electron chi connectivity index (χ0n) is 23.3. The number of sulfonamides is 1. The summed E-state index contributed by atoms with van der Waals surface area (Å²) in [6, 6.07) is 15.7. The van der Waals surface area contributed by atoms with Gasteiger partial charge in [0.1, 0.15) is 10.7 Å². The molecule has 4 heterocycles. The number of hydrogen-bond acceptors (Lipinski definition) is 9. The van der Waals surface area contributed by atoms with Gasteiger partial charge < -0.3 is 24.8 Å². The first-order valence-electron chi connectivity index (χ1n) is 13.6. The number of benzene rings is 2. The number of aromatic nitrogens is 2. The molecule has 42 heavy (non-hydrogen) atoms. The van der Waals surface area contributed by atoms with E-state index in [1.54, 1.807) is 47.5 Å². The van der Waals surface area contributed by atoms with Gasteiger partial charge in [-0.25, -0.2) is 18.4 Å². The van der Waals surface area contributed by atoms with Crippen LogP contribution in [0.15, 0.2) is 65.7 Å². The molecule has 12 heteroatoms. The van der Waals surface area contributed by atoms with Gasteiger partial charge in [-0.2, -0.15) is 0 Å². The molecule has 2 aromatic heterocycles. The molecule has 0 saturated carbocycles. The Hall–Kier alpha value is -4.26. The number of carbonyl (C=O) groups is 1. The van der Waals surface area contributed by atoms with Crippen LogP contribution in [0.1, 0.15) is 28.8 Å². The Morgan fingerprint density at radius 1 is 1.05 bits per heavy atom. The van der Waals surface area contributed by atoms with Gasteiger partial charge in [0.2, 0.25) is 5.88 Å². The predicted molar refractivity (Wildman–Crippen MR) is 158 cm³/mol. The zero-order chi connectivity index (χ0) is 29.5. The summed E-state index contributed by atoms with van der Waals surface area (Å²) in [4.78, 5) is 23.8. The topological polar surface area (TPSA) is 146 Å². The summed E-state index contributed by atoms with van der Waals surface area (Å²) >= 11 is 0. The highest BCUT2D eigenvalue weighted by molar-refractivity contribution is 7.92. The normalized spacial score (nSPS) is 16.6. The summed E-state index contributed by atoms with van der Waals surface area (Å²) in [5.41, 5.74) is 9.72. The average molecular weight is 590 g/mol. The minimum atomic E-state index is -4.02. The Labute approximate surface area is 243 Å². The zero-order valence-corrected chi connectivity index (χ0v) is 24.1. The Balaban J connectivity index is 1.30. The SMILES string of the molecule is COc1ncc(-c2ccc3nc(N)c(C(=O)N4CCC5(CC4)OCCO5)cc3c2)cc1S(=O)(=O)Nc1cccc(C)c1. The van der Waals surface area contributed by atoms with E-state index >= 15 is 0 Å². The van der Waals surface area contributed by atoms with Crippen molar-refractivity contribution in [2.45, 2.75) is 30.4 Å². The Morgan fingerprint density at radius 3 is 2.52 bits per heavy atom. The lowest BCUT2D eigenvalue weighted by atomic mass is 10.0. The van der Waals surface area contributed by atoms with Crippen LogP contribution in [0.4, 0.5) is 11.5 Å². The summed E-state index contributed by atoms with van der Waals surface area (Å²) in [6.07, 6.45) is 2.73. The highest BCUT2D eigenvalue weighted by Crippen LogP contribution is 2.34. The van der Waals surface area contributed by atoms with Crippen molar-refractivity contribution in [2.75, 3.05) is 43.9 Å². The van der Waals surface area contributed by atoms with E-state index in [1.807, 2.05) is 19.1 Å². The number of fused-ring (bicyclic) bond motifs is 1. The number of nitrogens with one attached hydrogen (secondary N) is 1. The largest absolute Gasteiger partial charge is 0.480 e. The standard InChI is InChI=1S/C30H31N5O6S/c1-19-4-3-5-23(14-19)34-42(37,38)26-17-22(18-32-28(26)39-2)20-6-7-25-21(15-20)16-24(27(31)33-25)29(36)35-10-8-30(9-11-35)40-12-13-41-30/h3-7,14-18,34H,8-13H2,1-2H3,(H2,31,33). The molecule has 6 rings (SSSR count). The van der Waals surface area contributed by atoms with E-state index in [2.05, 4.69) is 14.7 Å². The molecule has 2 fully saturated rings. The van der Waals surface area contributed by atoms with E-state index in [1.165, 1.54) is 13.2 Å². The van der Waals surface area contributed by atoms with Crippen molar-refractivity contribution in [1.82, 2.24) is 14.9 Å². The van der Waals surface area contributed by atoms with Crippen molar-refractivity contribution in [1.29, 1.82) is 0 Å². The van der Waals surface area contributed by atoms with Gasteiger partial charge in [0.15, 0.2) is 5.79 Å². The number of amides is 1. The van der Waals surface area contributed by atoms with Crippen molar-refractivity contribution in [2.24, 2.45) is 0 Å². The molecule has 218 valence electrons. The second-order valence-corrected chi connectivity index (χ2v) is 12.1. The third-order valence-electron chi connectivity index (χ3n) is 7.61. The maximum atomic E-state index is 13.4. The molecule has 0 radical (unpaired) electrons. The monoisotopic (exact) mass is 589 g/mol. The number of likely N-dealkylation sites (tertiary alicyclic amines) is 1. The number of rotatable bonds is 6. The molecular weight excluding hydrogens is 558 g/mol. The second-order valence-electron chi connectivity index (χ2n) is 10.4. The summed E-state index contributed by atoms with van der Waals surface area (Å²) < 4.78 is 46.2. The molecular formula is C30H31N5O6S. The van der Waals surface area contributed by atoms with Gasteiger partial charge in [0, 0.05) is 48.8 Å². The third-order valence-corrected chi connectivity index (χ3v) is 8.98. The number of aryl methyl sites for hydroxylation is 1. The Kier molecular flexibility index (Phi) is 7.21. The first-order valence-corrected chi connectivity index (χ1v) is 15.1. The maximum absolute atomic E-state index is 13.4. The van der Waals surface area contributed by atoms with Crippen LogP contribution in [-0.2, 0) is 19.5 Å². The van der Waals surface area contributed by atoms with Crippen LogP contribution >= 0.6 is 0 Å². The van der Waals surface area contributed by atoms with Gasteiger partial charge in [-0.3, -0.25) is 9.52 Å². The van der Waals surface area contributed by atoms with Crippen LogP contribution in [0.3, 0.4) is 0 Å². The second kappa shape index (κ2) is 10.9. The number of methoxy groups -OCH3 is 1. The summed E-state index contributed by atoms with van der Waals surface area (Å²) in [5.74, 6) is -0.677. The van der Waals surface area contributed by atoms with Gasteiger partial charge >= 0.3 is 0 Å². The van der Waals surface area contributed by atoms with Crippen LogP contribution in [-0.4, -0.2) is 68.4 Å². The minimum Gasteiger partial charge on any atom is -0.480 e. The van der Waals surface area contributed by atoms with Crippen LogP contribution in [0.5, 0.6) is 5.88 Å². The number of nitrogens with zero attached hydrogens (tertiary/aromatic N) is 3. The van der Waals surface area contributed by atoms with E-state index in [9.17, 15) is 13.2 Å². The third kappa shape index (κ3) is 5.36. The lowest BCUT2D eigenvalue weighted by Crippen LogP contribution is -2.47. The van der Waals surface area contributed by atoms with Gasteiger partial charge in [0.05, 0.1) is 31.4 Å². The van der Waals surface area contributed by atoms with E-state index in [-0.39, 0.29) is 22.5 Å². The molecule has 2 aliphatic heterocycles. The fourth-order valence-electron chi connectivity index (χ4n) is 5.40. The highest BCUT2D eigenvalue weighted by Gasteiger charge is 2.41. The molecule has 0 atom stereocenters. The molecule has 2 aromatic carbocycles. The van der Waals surface area contributed by atoms with E-state index in [0.717, 1.165) is 5.56 Å². The molecule has 0 bridgehead atoms. The number of nitrogen functional groups attached to an aromatic ring is 1. The van der Waals surface area contributed by atoms with Gasteiger partial charge in [0.25, 0.3) is 15.9 Å². The lowest BCUT2D eigenvalue weighted by Gasteiger charge is -2.37. The van der Waals surface area contributed by atoms with Crippen LogP contribution < -0.4 is 15.2 Å².